The summed E-state index contributed by atoms with van der Waals surface area (Å²) in [5.41, 5.74) is 4.06. The minimum Gasteiger partial charge on any atom is -0.271 e. The Bertz CT molecular complexity index is 535. The van der Waals surface area contributed by atoms with E-state index in [1.54, 1.807) is 18.3 Å². The van der Waals surface area contributed by atoms with E-state index in [9.17, 15) is 4.39 Å². The molecule has 0 amide bonds. The summed E-state index contributed by atoms with van der Waals surface area (Å²) in [6.07, 6.45) is 2.07. The van der Waals surface area contributed by atoms with Crippen molar-refractivity contribution in [3.63, 3.8) is 0 Å². The molecule has 0 aliphatic rings. The number of nitrogens with zero attached hydrogens (tertiary/aromatic N) is 2. The second kappa shape index (κ2) is 6.14. The number of hydrogen-bond acceptors (Lipinski definition) is 3. The highest BCUT2D eigenvalue weighted by Gasteiger charge is 2.18. The molecule has 2 rings (SSSR count). The Labute approximate surface area is 116 Å². The van der Waals surface area contributed by atoms with Crippen molar-refractivity contribution >= 4 is 11.6 Å². The van der Waals surface area contributed by atoms with Gasteiger partial charge >= 0.3 is 0 Å². The highest BCUT2D eigenvalue weighted by Crippen LogP contribution is 2.25. The van der Waals surface area contributed by atoms with Crippen molar-refractivity contribution in [2.45, 2.75) is 25.9 Å². The lowest BCUT2D eigenvalue weighted by Gasteiger charge is -2.18. The molecule has 6 heteroatoms. The highest BCUT2D eigenvalue weighted by atomic mass is 35.5. The van der Waals surface area contributed by atoms with Gasteiger partial charge in [-0.05, 0) is 31.5 Å². The van der Waals surface area contributed by atoms with E-state index in [1.165, 1.54) is 6.07 Å². The van der Waals surface area contributed by atoms with Gasteiger partial charge in [-0.25, -0.2) is 4.39 Å². The molecule has 0 saturated heterocycles. The zero-order valence-corrected chi connectivity index (χ0v) is 11.4. The number of aryl methyl sites for hydroxylation is 1. The zero-order valence-electron chi connectivity index (χ0n) is 10.6. The van der Waals surface area contributed by atoms with Crippen LogP contribution in [0.15, 0.2) is 30.5 Å². The molecule has 3 N–H and O–H groups in total. The quantitative estimate of drug-likeness (QED) is 0.654. The Balaban J connectivity index is 2.29. The van der Waals surface area contributed by atoms with Gasteiger partial charge in [0.05, 0.1) is 11.7 Å². The Morgan fingerprint density at radius 1 is 1.47 bits per heavy atom. The van der Waals surface area contributed by atoms with Crippen LogP contribution in [0.25, 0.3) is 0 Å². The van der Waals surface area contributed by atoms with Gasteiger partial charge in [0.15, 0.2) is 0 Å². The van der Waals surface area contributed by atoms with Gasteiger partial charge in [-0.2, -0.15) is 5.10 Å². The third-order valence-corrected chi connectivity index (χ3v) is 3.43. The van der Waals surface area contributed by atoms with Crippen molar-refractivity contribution in [1.29, 1.82) is 0 Å². The summed E-state index contributed by atoms with van der Waals surface area (Å²) in [7, 11) is 0. The average molecular weight is 283 g/mol. The molecule has 0 aliphatic heterocycles. The van der Waals surface area contributed by atoms with E-state index in [4.69, 9.17) is 17.4 Å². The van der Waals surface area contributed by atoms with Gasteiger partial charge in [0.1, 0.15) is 5.82 Å². The summed E-state index contributed by atoms with van der Waals surface area (Å²) in [6.45, 7) is 2.71. The van der Waals surface area contributed by atoms with Gasteiger partial charge in [0, 0.05) is 23.3 Å². The summed E-state index contributed by atoms with van der Waals surface area (Å²) in [5, 5.41) is 4.59. The highest BCUT2D eigenvalue weighted by molar-refractivity contribution is 6.31. The minimum atomic E-state index is -0.324. The zero-order chi connectivity index (χ0) is 13.8. The third kappa shape index (κ3) is 2.94. The van der Waals surface area contributed by atoms with E-state index in [-0.39, 0.29) is 11.9 Å². The first-order valence-electron chi connectivity index (χ1n) is 6.08. The van der Waals surface area contributed by atoms with Gasteiger partial charge in [-0.3, -0.25) is 16.0 Å². The van der Waals surface area contributed by atoms with E-state index in [2.05, 4.69) is 10.5 Å². The molecule has 0 radical (unpaired) electrons. The monoisotopic (exact) mass is 282 g/mol. The first kappa shape index (κ1) is 14.0. The fourth-order valence-electron chi connectivity index (χ4n) is 2.08. The standard InChI is InChI=1S/C13H16ClFN4/c1-2-19-13(6-7-17-19)12(18-16)8-9-10(14)4-3-5-11(9)15/h3-7,12,18H,2,8,16H2,1H3. The SMILES string of the molecule is CCn1nccc1C(Cc1c(F)cccc1Cl)NN. The van der Waals surface area contributed by atoms with Crippen LogP contribution in [0.4, 0.5) is 4.39 Å². The maximum atomic E-state index is 13.8. The first-order chi connectivity index (χ1) is 9.17. The van der Waals surface area contributed by atoms with Crippen LogP contribution in [0.2, 0.25) is 5.02 Å². The summed E-state index contributed by atoms with van der Waals surface area (Å²) in [6, 6.07) is 6.28. The van der Waals surface area contributed by atoms with E-state index >= 15 is 0 Å². The van der Waals surface area contributed by atoms with Crippen molar-refractivity contribution in [3.8, 4) is 0 Å². The van der Waals surface area contributed by atoms with Crippen LogP contribution in [-0.2, 0) is 13.0 Å². The van der Waals surface area contributed by atoms with Crippen LogP contribution in [0.5, 0.6) is 0 Å². The number of hydrazine groups is 1. The molecule has 0 saturated carbocycles. The number of nitrogens with one attached hydrogen (secondary N) is 1. The number of benzene rings is 1. The number of nitrogens with two attached hydrogens (primary N) is 1. The summed E-state index contributed by atoms with van der Waals surface area (Å²) >= 11 is 6.03. The minimum absolute atomic E-state index is 0.239. The van der Waals surface area contributed by atoms with Crippen molar-refractivity contribution in [2.75, 3.05) is 0 Å². The second-order valence-electron chi connectivity index (χ2n) is 4.20. The van der Waals surface area contributed by atoms with Crippen LogP contribution in [0.1, 0.15) is 24.2 Å². The molecule has 0 fully saturated rings. The van der Waals surface area contributed by atoms with Crippen LogP contribution >= 0.6 is 11.6 Å². The molecule has 1 aromatic carbocycles. The van der Waals surface area contributed by atoms with Gasteiger partial charge in [-0.1, -0.05) is 17.7 Å². The molecule has 0 aliphatic carbocycles. The molecule has 0 bridgehead atoms. The summed E-state index contributed by atoms with van der Waals surface area (Å²) in [4.78, 5) is 0. The molecule has 1 atom stereocenters. The van der Waals surface area contributed by atoms with E-state index in [0.717, 1.165) is 12.2 Å². The van der Waals surface area contributed by atoms with Crippen LogP contribution in [-0.4, -0.2) is 9.78 Å². The van der Waals surface area contributed by atoms with E-state index in [0.29, 0.717) is 17.0 Å². The first-order valence-corrected chi connectivity index (χ1v) is 6.45. The van der Waals surface area contributed by atoms with Crippen molar-refractivity contribution in [3.05, 3.63) is 52.6 Å². The fourth-order valence-corrected chi connectivity index (χ4v) is 2.32. The number of rotatable bonds is 5. The van der Waals surface area contributed by atoms with E-state index in [1.807, 2.05) is 17.7 Å². The van der Waals surface area contributed by atoms with Gasteiger partial charge in [0.2, 0.25) is 0 Å². The molecule has 1 heterocycles. The number of aromatic nitrogens is 2. The Kier molecular flexibility index (Phi) is 4.52. The lowest BCUT2D eigenvalue weighted by atomic mass is 10.0. The average Bonchev–Trinajstić information content (AvgIpc) is 2.87. The van der Waals surface area contributed by atoms with Crippen LogP contribution in [0.3, 0.4) is 0 Å². The normalized spacial score (nSPS) is 12.6. The van der Waals surface area contributed by atoms with Crippen LogP contribution in [0, 0.1) is 5.82 Å². The fraction of sp³-hybridized carbons (Fsp3) is 0.308. The predicted molar refractivity (Wildman–Crippen MR) is 73.1 cm³/mol. The molecular formula is C13H16ClFN4. The Morgan fingerprint density at radius 3 is 2.89 bits per heavy atom. The van der Waals surface area contributed by atoms with Crippen molar-refractivity contribution in [1.82, 2.24) is 15.2 Å². The molecule has 19 heavy (non-hydrogen) atoms. The van der Waals surface area contributed by atoms with E-state index < -0.39 is 0 Å². The molecule has 1 unspecified atom stereocenters. The van der Waals surface area contributed by atoms with Gasteiger partial charge in [-0.15, -0.1) is 0 Å². The largest absolute Gasteiger partial charge is 0.271 e. The molecule has 4 nitrogen and oxygen atoms in total. The molecule has 0 spiro atoms. The smallest absolute Gasteiger partial charge is 0.127 e. The third-order valence-electron chi connectivity index (χ3n) is 3.08. The lowest BCUT2D eigenvalue weighted by molar-refractivity contribution is 0.481. The predicted octanol–water partition coefficient (Wildman–Crippen LogP) is 2.44. The summed E-state index contributed by atoms with van der Waals surface area (Å²) < 4.78 is 15.6. The van der Waals surface area contributed by atoms with Crippen LogP contribution < -0.4 is 11.3 Å². The Hall–Kier alpha value is -1.43. The topological polar surface area (TPSA) is 55.9 Å². The second-order valence-corrected chi connectivity index (χ2v) is 4.60. The molecule has 2 aromatic rings. The van der Waals surface area contributed by atoms with Crippen molar-refractivity contribution in [2.24, 2.45) is 5.84 Å². The number of hydrogen-bond donors (Lipinski definition) is 2. The molecule has 1 aromatic heterocycles. The van der Waals surface area contributed by atoms with Crippen molar-refractivity contribution < 1.29 is 4.39 Å². The van der Waals surface area contributed by atoms with Gasteiger partial charge in [0.25, 0.3) is 0 Å². The Morgan fingerprint density at radius 2 is 2.26 bits per heavy atom. The van der Waals surface area contributed by atoms with Gasteiger partial charge < -0.3 is 0 Å². The molecular weight excluding hydrogens is 267 g/mol. The summed E-state index contributed by atoms with van der Waals surface area (Å²) in [5.74, 6) is 5.26. The maximum Gasteiger partial charge on any atom is 0.127 e. The lowest BCUT2D eigenvalue weighted by Crippen LogP contribution is -2.31. The maximum absolute atomic E-state index is 13.8. The molecule has 102 valence electrons. The number of halogens is 2.